The summed E-state index contributed by atoms with van der Waals surface area (Å²) >= 11 is 0. The number of amides is 1. The number of benzene rings is 3. The minimum atomic E-state index is -4.28. The minimum Gasteiger partial charge on any atom is -0.475 e. The van der Waals surface area contributed by atoms with Crippen LogP contribution in [0.4, 0.5) is 14.7 Å². The average Bonchev–Trinajstić information content (AvgIpc) is 3.05. The molecular formula is C38H42F2N4O5S. The summed E-state index contributed by atoms with van der Waals surface area (Å²) in [4.78, 5) is 24.6. The van der Waals surface area contributed by atoms with E-state index in [1.165, 1.54) is 41.3 Å². The molecule has 2 aliphatic heterocycles. The van der Waals surface area contributed by atoms with Crippen LogP contribution in [-0.2, 0) is 21.3 Å². The Bertz CT molecular complexity index is 1980. The van der Waals surface area contributed by atoms with Crippen molar-refractivity contribution in [3.8, 4) is 17.1 Å². The lowest BCUT2D eigenvalue weighted by Gasteiger charge is -2.36. The van der Waals surface area contributed by atoms with Crippen LogP contribution in [-0.4, -0.2) is 55.1 Å². The number of carbonyl (C=O) groups excluding carboxylic acids is 1. The summed E-state index contributed by atoms with van der Waals surface area (Å²) < 4.78 is 73.3. The third kappa shape index (κ3) is 7.81. The number of carbonyl (C=O) groups is 1. The molecule has 0 spiro atoms. The normalized spacial score (nSPS) is 18.3. The number of aromatic nitrogens is 2. The smallest absolute Gasteiger partial charge is 0.264 e. The Morgan fingerprint density at radius 1 is 0.940 bits per heavy atom. The summed E-state index contributed by atoms with van der Waals surface area (Å²) in [6, 6.07) is 15.0. The number of aryl methyl sites for hydroxylation is 2. The first-order valence-electron chi connectivity index (χ1n) is 16.8. The Labute approximate surface area is 292 Å². The van der Waals surface area contributed by atoms with Crippen LogP contribution in [0.25, 0.3) is 11.3 Å². The Balaban J connectivity index is 1.47. The number of hydrogen-bond acceptors (Lipinski definition) is 7. The topological polar surface area (TPSA) is 111 Å². The number of hydrogen-bond donors (Lipinski definition) is 1. The van der Waals surface area contributed by atoms with E-state index >= 15 is 8.78 Å². The van der Waals surface area contributed by atoms with E-state index < -0.39 is 40.2 Å². The predicted molar refractivity (Wildman–Crippen MR) is 187 cm³/mol. The zero-order chi connectivity index (χ0) is 35.8. The van der Waals surface area contributed by atoms with Crippen molar-refractivity contribution in [2.24, 2.45) is 5.41 Å². The van der Waals surface area contributed by atoms with Crippen LogP contribution in [0, 0.1) is 30.9 Å². The minimum absolute atomic E-state index is 0.0274. The number of anilines is 1. The molecule has 9 nitrogen and oxygen atoms in total. The predicted octanol–water partition coefficient (Wildman–Crippen LogP) is 7.57. The van der Waals surface area contributed by atoms with Crippen molar-refractivity contribution >= 4 is 21.9 Å². The standard InChI is InChI=1S/C38H42F2N4O5S/c1-23-8-6-9-24(2)35(23)33-19-34-42-37(41-33)43-50(46,47)29-11-7-10-26(16-29)36(45)44(28(22-49-34)20-38(3,4)5)21-30-31(39)17-27(18-32(30)40)25-12-14-48-15-13-25/h6-11,16-19,25,28H,12-15,20-22H2,1-5H3,(H,41,42,43)/t28-/m1/s1. The molecular weight excluding hydrogens is 663 g/mol. The van der Waals surface area contributed by atoms with Gasteiger partial charge in [0.1, 0.15) is 18.2 Å². The molecule has 4 bridgehead atoms. The van der Waals surface area contributed by atoms with Crippen LogP contribution in [0.1, 0.15) is 78.6 Å². The van der Waals surface area contributed by atoms with Crippen molar-refractivity contribution in [2.45, 2.75) is 77.3 Å². The van der Waals surface area contributed by atoms with Gasteiger partial charge in [-0.05, 0) is 91.5 Å². The molecule has 0 saturated carbocycles. The Hall–Kier alpha value is -4.42. The second-order valence-electron chi connectivity index (χ2n) is 14.3. The van der Waals surface area contributed by atoms with E-state index in [4.69, 9.17) is 9.47 Å². The fourth-order valence-corrected chi connectivity index (χ4v) is 7.75. The lowest BCUT2D eigenvalue weighted by Crippen LogP contribution is -2.45. The van der Waals surface area contributed by atoms with Gasteiger partial charge in [0.05, 0.1) is 23.2 Å². The van der Waals surface area contributed by atoms with Gasteiger partial charge >= 0.3 is 0 Å². The highest BCUT2D eigenvalue weighted by Gasteiger charge is 2.33. The van der Waals surface area contributed by atoms with E-state index in [1.54, 1.807) is 6.07 Å². The summed E-state index contributed by atoms with van der Waals surface area (Å²) in [6.07, 6.45) is 1.72. The van der Waals surface area contributed by atoms with Crippen molar-refractivity contribution < 1.29 is 31.5 Å². The molecule has 50 heavy (non-hydrogen) atoms. The summed E-state index contributed by atoms with van der Waals surface area (Å²) in [5.41, 5.74) is 3.07. The van der Waals surface area contributed by atoms with Gasteiger partial charge in [-0.25, -0.2) is 26.9 Å². The molecule has 1 N–H and O–H groups in total. The van der Waals surface area contributed by atoms with Gasteiger partial charge < -0.3 is 14.4 Å². The number of nitrogens with one attached hydrogen (secondary N) is 1. The Kier molecular flexibility index (Phi) is 9.96. The molecule has 1 aromatic heterocycles. The molecule has 264 valence electrons. The highest BCUT2D eigenvalue weighted by Crippen LogP contribution is 2.34. The van der Waals surface area contributed by atoms with Gasteiger partial charge in [0.2, 0.25) is 11.8 Å². The number of ether oxygens (including phenoxy) is 2. The van der Waals surface area contributed by atoms with Gasteiger partial charge in [-0.15, -0.1) is 0 Å². The highest BCUT2D eigenvalue weighted by molar-refractivity contribution is 7.92. The van der Waals surface area contributed by atoms with Crippen LogP contribution in [0.15, 0.2) is 65.6 Å². The second kappa shape index (κ2) is 14.1. The van der Waals surface area contributed by atoms with Gasteiger partial charge in [-0.3, -0.25) is 4.79 Å². The molecule has 3 aromatic carbocycles. The molecule has 0 radical (unpaired) electrons. The zero-order valence-electron chi connectivity index (χ0n) is 28.9. The first kappa shape index (κ1) is 35.4. The van der Waals surface area contributed by atoms with Crippen LogP contribution in [0.3, 0.4) is 0 Å². The number of halogens is 2. The van der Waals surface area contributed by atoms with Crippen molar-refractivity contribution in [2.75, 3.05) is 24.5 Å². The van der Waals surface area contributed by atoms with Crippen LogP contribution in [0.5, 0.6) is 5.88 Å². The highest BCUT2D eigenvalue weighted by atomic mass is 32.2. The number of sulfonamides is 1. The molecule has 12 heteroatoms. The first-order chi connectivity index (χ1) is 23.7. The van der Waals surface area contributed by atoms with E-state index in [2.05, 4.69) is 14.7 Å². The van der Waals surface area contributed by atoms with Gasteiger partial charge in [-0.2, -0.15) is 4.98 Å². The Morgan fingerprint density at radius 2 is 1.60 bits per heavy atom. The van der Waals surface area contributed by atoms with Gasteiger partial charge in [0, 0.05) is 36.0 Å². The molecule has 3 heterocycles. The fourth-order valence-electron chi connectivity index (χ4n) is 6.76. The largest absolute Gasteiger partial charge is 0.475 e. The van der Waals surface area contributed by atoms with Crippen molar-refractivity contribution in [1.29, 1.82) is 0 Å². The van der Waals surface area contributed by atoms with Crippen LogP contribution >= 0.6 is 0 Å². The Morgan fingerprint density at radius 3 is 2.26 bits per heavy atom. The molecule has 1 saturated heterocycles. The van der Waals surface area contributed by atoms with Crippen molar-refractivity contribution in [1.82, 2.24) is 14.9 Å². The third-order valence-corrected chi connectivity index (χ3v) is 10.5. The molecule has 1 amide bonds. The molecule has 0 aliphatic carbocycles. The molecule has 6 rings (SSSR count). The lowest BCUT2D eigenvalue weighted by atomic mass is 9.87. The summed E-state index contributed by atoms with van der Waals surface area (Å²) in [5, 5.41) is 0. The number of nitrogens with zero attached hydrogens (tertiary/aromatic N) is 3. The fraction of sp³-hybridized carbons (Fsp3) is 0.395. The van der Waals surface area contributed by atoms with E-state index in [0.29, 0.717) is 43.7 Å². The van der Waals surface area contributed by atoms with E-state index in [9.17, 15) is 13.2 Å². The van der Waals surface area contributed by atoms with E-state index in [0.717, 1.165) is 16.7 Å². The average molecular weight is 705 g/mol. The first-order valence-corrected chi connectivity index (χ1v) is 18.2. The number of rotatable bonds is 5. The van der Waals surface area contributed by atoms with Gasteiger partial charge in [0.15, 0.2) is 0 Å². The van der Waals surface area contributed by atoms with Crippen molar-refractivity contribution in [3.63, 3.8) is 0 Å². The maximum Gasteiger partial charge on any atom is 0.264 e. The van der Waals surface area contributed by atoms with Crippen molar-refractivity contribution in [3.05, 3.63) is 100 Å². The second-order valence-corrected chi connectivity index (χ2v) is 16.0. The van der Waals surface area contributed by atoms with Gasteiger partial charge in [-0.1, -0.05) is 45.0 Å². The molecule has 1 fully saturated rings. The van der Waals surface area contributed by atoms with E-state index in [1.807, 2.05) is 52.8 Å². The van der Waals surface area contributed by atoms with E-state index in [-0.39, 0.29) is 45.8 Å². The summed E-state index contributed by atoms with van der Waals surface area (Å²) in [7, 11) is -4.28. The van der Waals surface area contributed by atoms with Gasteiger partial charge in [0.25, 0.3) is 15.9 Å². The quantitative estimate of drug-likeness (QED) is 0.228. The SMILES string of the molecule is Cc1cccc(C)c1-c1cc2nc(n1)NS(=O)(=O)c1cccc(c1)C(=O)N(Cc1c(F)cc(C3CCOCC3)cc1F)[C@H](CC(C)(C)C)CO2. The lowest BCUT2D eigenvalue weighted by molar-refractivity contribution is 0.0507. The van der Waals surface area contributed by atoms with Crippen LogP contribution in [0.2, 0.25) is 0 Å². The van der Waals surface area contributed by atoms with Crippen LogP contribution < -0.4 is 9.46 Å². The molecule has 1 atom stereocenters. The summed E-state index contributed by atoms with van der Waals surface area (Å²) in [5.74, 6) is -2.26. The zero-order valence-corrected chi connectivity index (χ0v) is 29.7. The maximum atomic E-state index is 15.9. The maximum absolute atomic E-state index is 15.9. The number of fused-ring (bicyclic) bond motifs is 4. The molecule has 2 aliphatic rings. The molecule has 4 aromatic rings. The third-order valence-electron chi connectivity index (χ3n) is 9.21. The molecule has 0 unspecified atom stereocenters. The monoisotopic (exact) mass is 704 g/mol. The summed E-state index contributed by atoms with van der Waals surface area (Å²) in [6.45, 7) is 10.4.